The van der Waals surface area contributed by atoms with E-state index in [1.807, 2.05) is 50.2 Å². The van der Waals surface area contributed by atoms with Crippen LogP contribution in [0.2, 0.25) is 0 Å². The van der Waals surface area contributed by atoms with Crippen LogP contribution >= 0.6 is 0 Å². The second kappa shape index (κ2) is 23.6. The van der Waals surface area contributed by atoms with Crippen LogP contribution in [0.5, 0.6) is 0 Å². The molecule has 1 saturated heterocycles. The summed E-state index contributed by atoms with van der Waals surface area (Å²) in [5.41, 5.74) is 2.36. The minimum absolute atomic E-state index is 0. The van der Waals surface area contributed by atoms with Gasteiger partial charge in [0.25, 0.3) is 17.4 Å². The molecule has 18 heteroatoms. The van der Waals surface area contributed by atoms with Crippen LogP contribution in [0.25, 0.3) is 21.9 Å². The standard InChI is InChI=1S/C27H35FN3O5.C21H19FN4O3.Fm/c1-6-19-9-8-10-20(15-19)21-16-22(28)24(23(17-21)30-26(34)36-27(3,4)5)25(33)29-11-13-35-14-12-31(7-2)18-32;22-18-6-5-14(11-17(18)21(29)26-9-7-25(13-27)8-10-26)12-19-15-3-1-2-4-16(15)20(28)24-23-19;/h8-10,15-17H,6-7,11-14H2,1-5H3,(H,29,33)(H,30,34);1-6,11,13H,7-10,12H2,(H,24,28);/q-1;;. The monoisotopic (exact) mass is 1150 g/mol. The molecule has 0 unspecified atom stereocenters. The topological polar surface area (TPSA) is 183 Å². The molecule has 1 aliphatic rings. The maximum atomic E-state index is 15.3. The fraction of sp³-hybridized carbons (Fsp3) is 0.354. The molecule has 6 rings (SSSR count). The van der Waals surface area contributed by atoms with E-state index in [1.54, 1.807) is 61.2 Å². The van der Waals surface area contributed by atoms with E-state index >= 15 is 4.39 Å². The SMILES string of the molecule is CCc1cccc(-c2cc(F)c(C(=O)NCCOCCN([C-]=O)CC)c(NC(=O)OC(C)(C)C)c2)c1.O=CN1CCN(C(=O)c2cc(Cc3n[nH]c(=O)c4ccccc34)ccc2F)CC1.[Fm]. The van der Waals surface area contributed by atoms with Crippen molar-refractivity contribution in [3.63, 3.8) is 0 Å². The number of ether oxygens (including phenoxy) is 2. The number of carbonyl (C=O) groups excluding carboxylic acids is 5. The molecule has 1 aromatic heterocycles. The Balaban J connectivity index is 0.000000290. The van der Waals surface area contributed by atoms with E-state index in [9.17, 15) is 33.2 Å². The summed E-state index contributed by atoms with van der Waals surface area (Å²) in [5.74, 6) is -2.46. The number of amides is 5. The smallest absolute Gasteiger partial charge is 0.412 e. The van der Waals surface area contributed by atoms with Crippen LogP contribution in [-0.4, -0.2) is 120 Å². The minimum Gasteiger partial charge on any atom is -0.520 e. The molecule has 0 saturated carbocycles. The molecule has 1 fully saturated rings. The van der Waals surface area contributed by atoms with Gasteiger partial charge in [-0.1, -0.05) is 62.4 Å². The number of nitrogens with one attached hydrogen (secondary N) is 3. The Labute approximate surface area is 376 Å². The van der Waals surface area contributed by atoms with Gasteiger partial charge in [0.1, 0.15) is 17.2 Å². The Morgan fingerprint density at radius 2 is 1.62 bits per heavy atom. The van der Waals surface area contributed by atoms with Crippen LogP contribution in [0, 0.1) is 11.6 Å². The summed E-state index contributed by atoms with van der Waals surface area (Å²) in [6, 6.07) is 22.0. The number of likely N-dealkylation sites (N-methyl/N-ethyl adjacent to an activating group) is 1. The zero-order valence-corrected chi connectivity index (χ0v) is 39.9. The van der Waals surface area contributed by atoms with Crippen molar-refractivity contribution in [1.82, 2.24) is 30.2 Å². The maximum Gasteiger partial charge on any atom is 0.412 e. The third-order valence-corrected chi connectivity index (χ3v) is 10.3. The largest absolute Gasteiger partial charge is 0.520 e. The molecule has 3 N–H and O–H groups in total. The molecule has 0 radical (unpaired) electrons. The summed E-state index contributed by atoms with van der Waals surface area (Å²) in [6.07, 6.45) is 2.90. The van der Waals surface area contributed by atoms with Crippen LogP contribution in [0.4, 0.5) is 19.3 Å². The number of hydrogen-bond donors (Lipinski definition) is 3. The summed E-state index contributed by atoms with van der Waals surface area (Å²) in [6.45, 7) is 12.0. The van der Waals surface area contributed by atoms with E-state index in [4.69, 9.17) is 9.47 Å². The molecule has 2 heterocycles. The number of aryl methyl sites for hydroxylation is 1. The predicted octanol–water partition coefficient (Wildman–Crippen LogP) is 6.10. The first kappa shape index (κ1) is 50.6. The van der Waals surface area contributed by atoms with E-state index in [2.05, 4.69) is 20.8 Å². The van der Waals surface area contributed by atoms with E-state index in [0.29, 0.717) is 67.9 Å². The Hall–Kier alpha value is -8.01. The van der Waals surface area contributed by atoms with Crippen LogP contribution in [0.3, 0.4) is 0 Å². The number of fused-ring (bicyclic) bond motifs is 1. The first-order valence-corrected chi connectivity index (χ1v) is 21.3. The molecule has 66 heavy (non-hydrogen) atoms. The first-order valence-electron chi connectivity index (χ1n) is 21.3. The van der Waals surface area contributed by atoms with E-state index < -0.39 is 35.1 Å². The van der Waals surface area contributed by atoms with Crippen molar-refractivity contribution in [2.75, 3.05) is 64.3 Å². The van der Waals surface area contributed by atoms with Crippen molar-refractivity contribution >= 4 is 47.2 Å². The van der Waals surface area contributed by atoms with Gasteiger partial charge >= 0.3 is 6.09 Å². The number of carbonyl (C=O) groups is 4. The van der Waals surface area contributed by atoms with Gasteiger partial charge in [-0.15, -0.1) is 0 Å². The number of piperazine rings is 1. The van der Waals surface area contributed by atoms with E-state index in [-0.39, 0.29) is 42.1 Å². The molecule has 356 valence electrons. The second-order valence-electron chi connectivity index (χ2n) is 16.1. The Bertz CT molecular complexity index is 2540. The zero-order chi connectivity index (χ0) is 47.1. The van der Waals surface area contributed by atoms with Crippen molar-refractivity contribution < 1.29 is 42.2 Å². The van der Waals surface area contributed by atoms with Gasteiger partial charge in [-0.2, -0.15) is 11.5 Å². The number of halogens is 2. The summed E-state index contributed by atoms with van der Waals surface area (Å²) in [5, 5.41) is 13.0. The molecule has 15 nitrogen and oxygen atoms in total. The predicted molar refractivity (Wildman–Crippen MR) is 242 cm³/mol. The van der Waals surface area contributed by atoms with Gasteiger partial charge in [-0.3, -0.25) is 24.5 Å². The number of aromatic amines is 1. The molecule has 5 amide bonds. The molecule has 5 aromatic rings. The molecule has 0 aliphatic carbocycles. The van der Waals surface area contributed by atoms with Crippen molar-refractivity contribution in [3.05, 3.63) is 129 Å². The second-order valence-corrected chi connectivity index (χ2v) is 16.1. The summed E-state index contributed by atoms with van der Waals surface area (Å²) in [7, 11) is 0. The van der Waals surface area contributed by atoms with Gasteiger partial charge < -0.3 is 34.3 Å². The summed E-state index contributed by atoms with van der Waals surface area (Å²) in [4.78, 5) is 76.2. The maximum absolute atomic E-state index is 15.3. The number of benzene rings is 4. The third-order valence-electron chi connectivity index (χ3n) is 10.3. The molecule has 4 aromatic carbocycles. The van der Waals surface area contributed by atoms with Gasteiger partial charge in [0.05, 0.1) is 41.1 Å². The van der Waals surface area contributed by atoms with Gasteiger partial charge in [0.15, 0.2) is 0 Å². The van der Waals surface area contributed by atoms with Crippen molar-refractivity contribution in [2.24, 2.45) is 0 Å². The Morgan fingerprint density at radius 3 is 2.29 bits per heavy atom. The summed E-state index contributed by atoms with van der Waals surface area (Å²) >= 11 is 0. The molecule has 0 atom stereocenters. The van der Waals surface area contributed by atoms with Crippen LogP contribution in [0.1, 0.15) is 72.2 Å². The van der Waals surface area contributed by atoms with Crippen molar-refractivity contribution in [1.29, 1.82) is 0 Å². The number of aromatic nitrogens is 2. The van der Waals surface area contributed by atoms with Gasteiger partial charge in [-0.05, 0) is 86.3 Å². The quantitative estimate of drug-likeness (QED) is 0.0455. The molecule has 0 spiro atoms. The Kier molecular flexibility index (Phi) is 18.1. The molecular weight excluding hydrogens is 1100 g/mol. The first-order chi connectivity index (χ1) is 31.1. The fourth-order valence-corrected chi connectivity index (χ4v) is 6.90. The molecule has 0 bridgehead atoms. The average molecular weight is 1150 g/mol. The minimum atomic E-state index is -0.800. The Morgan fingerprint density at radius 1 is 0.894 bits per heavy atom. The van der Waals surface area contributed by atoms with Gasteiger partial charge in [0, 0.05) is 51.1 Å². The number of nitrogens with zero attached hydrogens (tertiary/aromatic N) is 4. The fourth-order valence-electron chi connectivity index (χ4n) is 6.90. The van der Waals surface area contributed by atoms with Crippen LogP contribution < -0.4 is 16.2 Å². The van der Waals surface area contributed by atoms with Crippen LogP contribution in [-0.2, 0) is 31.9 Å². The average Bonchev–Trinajstić information content (AvgIpc) is 3.29. The third kappa shape index (κ3) is 13.7. The molecule has 1 aliphatic heterocycles. The van der Waals surface area contributed by atoms with Crippen molar-refractivity contribution in [2.45, 2.75) is 53.1 Å². The van der Waals surface area contributed by atoms with Crippen LogP contribution in [0.15, 0.2) is 83.7 Å². The zero-order valence-electron chi connectivity index (χ0n) is 37.5. The van der Waals surface area contributed by atoms with Gasteiger partial charge in [-0.25, -0.2) is 18.7 Å². The molecular formula is C48H54F2FmN7O8-. The van der Waals surface area contributed by atoms with E-state index in [1.165, 1.54) is 23.1 Å². The number of hydrogen-bond acceptors (Lipinski definition) is 9. The number of anilines is 1. The normalized spacial score (nSPS) is 12.3. The van der Waals surface area contributed by atoms with E-state index in [0.717, 1.165) is 29.3 Å². The summed E-state index contributed by atoms with van der Waals surface area (Å²) < 4.78 is 40.4. The van der Waals surface area contributed by atoms with Crippen molar-refractivity contribution in [3.8, 4) is 11.1 Å². The van der Waals surface area contributed by atoms with Gasteiger partial charge in [0.2, 0.25) is 6.41 Å². The number of H-pyrrole nitrogens is 1. The number of rotatable bonds is 16.